The third kappa shape index (κ3) is 8.55. The maximum absolute atomic E-state index is 14.2. The van der Waals surface area contributed by atoms with Crippen LogP contribution < -0.4 is 14.4 Å². The topological polar surface area (TPSA) is 96.0 Å². The van der Waals surface area contributed by atoms with Crippen molar-refractivity contribution in [2.75, 3.05) is 24.2 Å². The van der Waals surface area contributed by atoms with E-state index >= 15 is 0 Å². The van der Waals surface area contributed by atoms with E-state index in [0.717, 1.165) is 54.3 Å². The van der Waals surface area contributed by atoms with Crippen LogP contribution in [0.3, 0.4) is 0 Å². The van der Waals surface area contributed by atoms with Crippen LogP contribution in [-0.2, 0) is 32.6 Å². The molecular weight excluding hydrogens is 557 g/mol. The summed E-state index contributed by atoms with van der Waals surface area (Å²) in [6, 6.07) is 20.7. The molecule has 1 saturated carbocycles. The quantitative estimate of drug-likeness (QED) is 0.328. The van der Waals surface area contributed by atoms with Crippen LogP contribution in [0.15, 0.2) is 78.9 Å². The van der Waals surface area contributed by atoms with Gasteiger partial charge in [0.2, 0.25) is 21.8 Å². The Hall–Kier alpha value is -3.92. The molecule has 0 radical (unpaired) electrons. The van der Waals surface area contributed by atoms with Crippen LogP contribution >= 0.6 is 0 Å². The van der Waals surface area contributed by atoms with E-state index in [0.29, 0.717) is 11.3 Å². The molecule has 0 unspecified atom stereocenters. The zero-order valence-corrected chi connectivity index (χ0v) is 24.9. The third-order valence-corrected chi connectivity index (χ3v) is 8.63. The Balaban J connectivity index is 1.73. The number of ether oxygens (including phenoxy) is 1. The molecule has 3 aromatic carbocycles. The van der Waals surface area contributed by atoms with Crippen molar-refractivity contribution >= 4 is 27.5 Å². The SMILES string of the molecule is COc1cccc(CN(C(=O)CN(c2cccc(F)c2)S(C)(=O)=O)[C@H](Cc2ccccc2)C(=O)NC2CCCCC2)c1. The van der Waals surface area contributed by atoms with Gasteiger partial charge in [-0.05, 0) is 54.3 Å². The number of halogens is 1. The molecule has 0 aromatic heterocycles. The van der Waals surface area contributed by atoms with Crippen LogP contribution in [0.25, 0.3) is 0 Å². The predicted octanol–water partition coefficient (Wildman–Crippen LogP) is 4.69. The van der Waals surface area contributed by atoms with Gasteiger partial charge in [-0.1, -0.05) is 67.8 Å². The van der Waals surface area contributed by atoms with E-state index in [1.165, 1.54) is 23.1 Å². The van der Waals surface area contributed by atoms with Gasteiger partial charge in [0.05, 0.1) is 19.1 Å². The van der Waals surface area contributed by atoms with Crippen LogP contribution in [0.5, 0.6) is 5.75 Å². The van der Waals surface area contributed by atoms with Gasteiger partial charge in [0, 0.05) is 19.0 Å². The zero-order valence-electron chi connectivity index (χ0n) is 24.0. The lowest BCUT2D eigenvalue weighted by molar-refractivity contribution is -0.140. The van der Waals surface area contributed by atoms with Crippen LogP contribution in [0, 0.1) is 5.82 Å². The highest BCUT2D eigenvalue weighted by molar-refractivity contribution is 7.92. The van der Waals surface area contributed by atoms with E-state index < -0.39 is 34.3 Å². The minimum atomic E-state index is -3.98. The molecule has 1 atom stereocenters. The molecular formula is C32H38FN3O5S. The smallest absolute Gasteiger partial charge is 0.244 e. The number of nitrogens with zero attached hydrogens (tertiary/aromatic N) is 2. The van der Waals surface area contributed by atoms with Gasteiger partial charge in [-0.3, -0.25) is 13.9 Å². The summed E-state index contributed by atoms with van der Waals surface area (Å²) in [5.41, 5.74) is 1.59. The van der Waals surface area contributed by atoms with E-state index in [4.69, 9.17) is 4.74 Å². The molecule has 1 aliphatic rings. The van der Waals surface area contributed by atoms with Gasteiger partial charge in [0.15, 0.2) is 0 Å². The first-order valence-corrected chi connectivity index (χ1v) is 16.0. The molecule has 4 rings (SSSR count). The van der Waals surface area contributed by atoms with Crippen molar-refractivity contribution in [2.45, 2.75) is 57.2 Å². The molecule has 0 heterocycles. The summed E-state index contributed by atoms with van der Waals surface area (Å²) < 4.78 is 46.0. The fourth-order valence-electron chi connectivity index (χ4n) is 5.31. The van der Waals surface area contributed by atoms with Gasteiger partial charge >= 0.3 is 0 Å². The molecule has 42 heavy (non-hydrogen) atoms. The van der Waals surface area contributed by atoms with E-state index in [9.17, 15) is 22.4 Å². The summed E-state index contributed by atoms with van der Waals surface area (Å²) in [5, 5.41) is 3.17. The van der Waals surface area contributed by atoms with Crippen LogP contribution in [-0.4, -0.2) is 57.1 Å². The predicted molar refractivity (Wildman–Crippen MR) is 161 cm³/mol. The van der Waals surface area contributed by atoms with Gasteiger partial charge in [-0.25, -0.2) is 12.8 Å². The summed E-state index contributed by atoms with van der Waals surface area (Å²) in [4.78, 5) is 29.5. The van der Waals surface area contributed by atoms with Crippen LogP contribution in [0.1, 0.15) is 43.2 Å². The van der Waals surface area contributed by atoms with E-state index in [-0.39, 0.29) is 30.6 Å². The summed E-state index contributed by atoms with van der Waals surface area (Å²) in [5.74, 6) is -0.926. The summed E-state index contributed by atoms with van der Waals surface area (Å²) in [6.45, 7) is -0.569. The second kappa shape index (κ2) is 14.3. The molecule has 2 amide bonds. The molecule has 1 aliphatic carbocycles. The van der Waals surface area contributed by atoms with Crippen molar-refractivity contribution in [1.29, 1.82) is 0 Å². The maximum atomic E-state index is 14.2. The molecule has 0 bridgehead atoms. The number of nitrogens with one attached hydrogen (secondary N) is 1. The molecule has 8 nitrogen and oxygen atoms in total. The van der Waals surface area contributed by atoms with Gasteiger partial charge < -0.3 is 15.0 Å². The molecule has 0 saturated heterocycles. The molecule has 224 valence electrons. The fraction of sp³-hybridized carbons (Fsp3) is 0.375. The highest BCUT2D eigenvalue weighted by Gasteiger charge is 2.34. The highest BCUT2D eigenvalue weighted by atomic mass is 32.2. The number of methoxy groups -OCH3 is 1. The second-order valence-electron chi connectivity index (χ2n) is 10.7. The van der Waals surface area contributed by atoms with Gasteiger partial charge in [0.25, 0.3) is 0 Å². The Bertz CT molecular complexity index is 1460. The Morgan fingerprint density at radius 1 is 0.952 bits per heavy atom. The average molecular weight is 596 g/mol. The molecule has 3 aromatic rings. The lowest BCUT2D eigenvalue weighted by atomic mass is 9.94. The molecule has 1 fully saturated rings. The lowest BCUT2D eigenvalue weighted by Crippen LogP contribution is -2.55. The first-order valence-electron chi connectivity index (χ1n) is 14.1. The molecule has 0 spiro atoms. The average Bonchev–Trinajstić information content (AvgIpc) is 2.98. The van der Waals surface area contributed by atoms with Crippen LogP contribution in [0.4, 0.5) is 10.1 Å². The van der Waals surface area contributed by atoms with Crippen molar-refractivity contribution < 1.29 is 27.1 Å². The first-order chi connectivity index (χ1) is 20.1. The minimum Gasteiger partial charge on any atom is -0.497 e. The number of benzene rings is 3. The second-order valence-corrected chi connectivity index (χ2v) is 12.6. The van der Waals surface area contributed by atoms with Crippen molar-refractivity contribution in [3.63, 3.8) is 0 Å². The van der Waals surface area contributed by atoms with Crippen LogP contribution in [0.2, 0.25) is 0 Å². The van der Waals surface area contributed by atoms with Crippen molar-refractivity contribution in [3.8, 4) is 5.75 Å². The number of carbonyl (C=O) groups excluding carboxylic acids is 2. The highest BCUT2D eigenvalue weighted by Crippen LogP contribution is 2.23. The fourth-order valence-corrected chi connectivity index (χ4v) is 6.15. The Kier molecular flexibility index (Phi) is 10.6. The normalized spacial score (nSPS) is 14.5. The maximum Gasteiger partial charge on any atom is 0.244 e. The number of rotatable bonds is 12. The standard InChI is InChI=1S/C32H38FN3O5S/c1-41-29-18-9-13-25(19-29)22-35(31(37)23-36(42(2,39)40)28-17-10-14-26(33)21-28)30(20-24-11-5-3-6-12-24)32(38)34-27-15-7-4-8-16-27/h3,5-6,9-14,17-19,21,27,30H,4,7-8,15-16,20,22-23H2,1-2H3,(H,34,38)/t30-/m1/s1. The van der Waals surface area contributed by atoms with Gasteiger partial charge in [0.1, 0.15) is 24.2 Å². The Labute approximate surface area is 247 Å². The van der Waals surface area contributed by atoms with Crippen molar-refractivity contribution in [3.05, 3.63) is 95.8 Å². The number of anilines is 1. The molecule has 10 heteroatoms. The Morgan fingerprint density at radius 3 is 2.31 bits per heavy atom. The van der Waals surface area contributed by atoms with E-state index in [1.807, 2.05) is 36.4 Å². The molecule has 0 aliphatic heterocycles. The van der Waals surface area contributed by atoms with E-state index in [2.05, 4.69) is 5.32 Å². The largest absolute Gasteiger partial charge is 0.497 e. The monoisotopic (exact) mass is 595 g/mol. The summed E-state index contributed by atoms with van der Waals surface area (Å²) in [6.07, 6.45) is 6.12. The molecule has 1 N–H and O–H groups in total. The van der Waals surface area contributed by atoms with Gasteiger partial charge in [-0.2, -0.15) is 0 Å². The summed E-state index contributed by atoms with van der Waals surface area (Å²) in [7, 11) is -2.43. The van der Waals surface area contributed by atoms with Gasteiger partial charge in [-0.15, -0.1) is 0 Å². The number of carbonyl (C=O) groups is 2. The Morgan fingerprint density at radius 2 is 1.64 bits per heavy atom. The first kappa shape index (κ1) is 31.0. The van der Waals surface area contributed by atoms with E-state index in [1.54, 1.807) is 25.3 Å². The van der Waals surface area contributed by atoms with Crippen molar-refractivity contribution in [2.24, 2.45) is 0 Å². The summed E-state index contributed by atoms with van der Waals surface area (Å²) >= 11 is 0. The lowest BCUT2D eigenvalue weighted by Gasteiger charge is -2.35. The number of hydrogen-bond acceptors (Lipinski definition) is 5. The third-order valence-electron chi connectivity index (χ3n) is 7.49. The number of sulfonamides is 1. The number of amides is 2. The van der Waals surface area contributed by atoms with Crippen molar-refractivity contribution in [1.82, 2.24) is 10.2 Å². The number of hydrogen-bond donors (Lipinski definition) is 1. The minimum absolute atomic E-state index is 0.0121. The zero-order chi connectivity index (χ0) is 30.1.